The number of hydrogen-bond acceptors (Lipinski definition) is 3. The Kier molecular flexibility index (Phi) is 4.30. The van der Waals surface area contributed by atoms with Gasteiger partial charge in [-0.2, -0.15) is 13.2 Å². The second-order valence-electron chi connectivity index (χ2n) is 7.95. The lowest BCUT2D eigenvalue weighted by Crippen LogP contribution is -2.46. The van der Waals surface area contributed by atoms with Crippen molar-refractivity contribution in [2.24, 2.45) is 5.92 Å². The molecule has 1 aliphatic heterocycles. The predicted octanol–water partition coefficient (Wildman–Crippen LogP) is 2.97. The molecular weight excluding hydrogens is 371 g/mol. The lowest BCUT2D eigenvalue weighted by atomic mass is 10.0. The van der Waals surface area contributed by atoms with E-state index >= 15 is 0 Å². The van der Waals surface area contributed by atoms with Crippen molar-refractivity contribution >= 4 is 5.91 Å². The van der Waals surface area contributed by atoms with E-state index < -0.39 is 23.6 Å². The van der Waals surface area contributed by atoms with Crippen LogP contribution in [0.3, 0.4) is 0 Å². The Morgan fingerprint density at radius 3 is 2.39 bits per heavy atom. The first-order valence-corrected chi connectivity index (χ1v) is 9.31. The fraction of sp³-hybridized carbons (Fsp3) is 0.500. The van der Waals surface area contributed by atoms with E-state index in [0.29, 0.717) is 25.5 Å². The highest BCUT2D eigenvalue weighted by atomic mass is 19.4. The van der Waals surface area contributed by atoms with Crippen LogP contribution in [0.25, 0.3) is 0 Å². The number of nitrogens with zero attached hydrogens (tertiary/aromatic N) is 3. The summed E-state index contributed by atoms with van der Waals surface area (Å²) < 4.78 is 41.2. The van der Waals surface area contributed by atoms with Crippen LogP contribution in [0.1, 0.15) is 42.5 Å². The van der Waals surface area contributed by atoms with E-state index in [1.54, 1.807) is 11.8 Å². The van der Waals surface area contributed by atoms with E-state index in [-0.39, 0.29) is 24.9 Å². The van der Waals surface area contributed by atoms with Crippen molar-refractivity contribution in [3.05, 3.63) is 53.1 Å². The zero-order chi connectivity index (χ0) is 20.3. The molecule has 2 aliphatic rings. The molecule has 5 nitrogen and oxygen atoms in total. The number of alkyl halides is 3. The first kappa shape index (κ1) is 19.0. The van der Waals surface area contributed by atoms with Gasteiger partial charge in [-0.05, 0) is 37.8 Å². The normalized spacial score (nSPS) is 21.9. The Morgan fingerprint density at radius 2 is 1.82 bits per heavy atom. The van der Waals surface area contributed by atoms with Crippen LogP contribution in [0.2, 0.25) is 0 Å². The van der Waals surface area contributed by atoms with Crippen molar-refractivity contribution in [1.29, 1.82) is 0 Å². The number of carbonyl (C=O) groups excluding carboxylic acids is 1. The molecule has 1 aliphatic carbocycles. The van der Waals surface area contributed by atoms with Gasteiger partial charge >= 0.3 is 6.18 Å². The summed E-state index contributed by atoms with van der Waals surface area (Å²) in [5, 5.41) is 10.0. The Bertz CT molecular complexity index is 895. The lowest BCUT2D eigenvalue weighted by molar-refractivity contribution is -0.263. The number of amides is 1. The van der Waals surface area contributed by atoms with E-state index in [0.717, 1.165) is 0 Å². The maximum Gasteiger partial charge on any atom is 0.424 e. The molecule has 8 heteroatoms. The van der Waals surface area contributed by atoms with Crippen molar-refractivity contribution in [2.45, 2.75) is 51.1 Å². The zero-order valence-electron chi connectivity index (χ0n) is 15.7. The summed E-state index contributed by atoms with van der Waals surface area (Å²) in [7, 11) is 0. The molecule has 2 heterocycles. The van der Waals surface area contributed by atoms with Crippen molar-refractivity contribution in [2.75, 3.05) is 6.54 Å². The highest BCUT2D eigenvalue weighted by Gasteiger charge is 2.55. The first-order valence-electron chi connectivity index (χ1n) is 9.31. The van der Waals surface area contributed by atoms with Crippen LogP contribution < -0.4 is 0 Å². The minimum absolute atomic E-state index is 0.0135. The van der Waals surface area contributed by atoms with Gasteiger partial charge in [0.2, 0.25) is 11.5 Å². The molecule has 0 fully saturated rings. The van der Waals surface area contributed by atoms with Gasteiger partial charge in [0.15, 0.2) is 5.82 Å². The summed E-state index contributed by atoms with van der Waals surface area (Å²) in [5.74, 6) is -0.556. The second-order valence-corrected chi connectivity index (χ2v) is 7.95. The van der Waals surface area contributed by atoms with Crippen LogP contribution in [-0.2, 0) is 29.8 Å². The zero-order valence-corrected chi connectivity index (χ0v) is 15.7. The molecule has 0 saturated heterocycles. The molecule has 1 aromatic carbocycles. The van der Waals surface area contributed by atoms with Gasteiger partial charge in [0.25, 0.3) is 0 Å². The molecule has 0 radical (unpaired) electrons. The quantitative estimate of drug-likeness (QED) is 0.854. The fourth-order valence-electron chi connectivity index (χ4n) is 4.31. The molecule has 150 valence electrons. The average molecular weight is 393 g/mol. The molecule has 1 N–H and O–H groups in total. The Labute approximate surface area is 160 Å². The smallest absolute Gasteiger partial charge is 0.374 e. The SMILES string of the molecule is CC1CN(C(=O)C2Cc3ccccc3C2)Cc2cnc(C(C)(O)C(F)(F)F)n21. The number of halogens is 3. The van der Waals surface area contributed by atoms with Gasteiger partial charge in [-0.3, -0.25) is 4.79 Å². The number of imidazole rings is 1. The number of benzene rings is 1. The molecule has 1 amide bonds. The fourth-order valence-corrected chi connectivity index (χ4v) is 4.31. The molecule has 1 aromatic heterocycles. The number of hydrogen-bond donors (Lipinski definition) is 1. The number of fused-ring (bicyclic) bond motifs is 2. The van der Waals surface area contributed by atoms with E-state index in [4.69, 9.17) is 0 Å². The number of aliphatic hydroxyl groups is 1. The number of aromatic nitrogens is 2. The molecule has 28 heavy (non-hydrogen) atoms. The predicted molar refractivity (Wildman–Crippen MR) is 95.3 cm³/mol. The topological polar surface area (TPSA) is 58.4 Å². The van der Waals surface area contributed by atoms with Gasteiger partial charge in [-0.1, -0.05) is 24.3 Å². The number of carbonyl (C=O) groups is 1. The molecule has 2 unspecified atom stereocenters. The maximum atomic E-state index is 13.3. The Hall–Kier alpha value is -2.35. The molecule has 2 atom stereocenters. The first-order chi connectivity index (χ1) is 13.1. The van der Waals surface area contributed by atoms with Crippen LogP contribution in [0, 0.1) is 5.92 Å². The van der Waals surface area contributed by atoms with Gasteiger partial charge in [0.1, 0.15) is 0 Å². The van der Waals surface area contributed by atoms with Gasteiger partial charge in [-0.15, -0.1) is 0 Å². The van der Waals surface area contributed by atoms with Crippen molar-refractivity contribution in [1.82, 2.24) is 14.5 Å². The summed E-state index contributed by atoms with van der Waals surface area (Å²) in [4.78, 5) is 18.6. The molecular formula is C20H22F3N3O2. The minimum Gasteiger partial charge on any atom is -0.374 e. The maximum absolute atomic E-state index is 13.3. The summed E-state index contributed by atoms with van der Waals surface area (Å²) >= 11 is 0. The molecule has 4 rings (SSSR count). The summed E-state index contributed by atoms with van der Waals surface area (Å²) in [6.07, 6.45) is -2.13. The van der Waals surface area contributed by atoms with Crippen molar-refractivity contribution in [3.8, 4) is 0 Å². The van der Waals surface area contributed by atoms with Crippen LogP contribution in [-0.4, -0.2) is 38.2 Å². The summed E-state index contributed by atoms with van der Waals surface area (Å²) in [6.45, 7) is 2.93. The molecule has 0 spiro atoms. The third-order valence-electron chi connectivity index (χ3n) is 5.85. The second kappa shape index (κ2) is 6.34. The van der Waals surface area contributed by atoms with E-state index in [1.165, 1.54) is 21.9 Å². The standard InChI is InChI=1S/C20H22F3N3O2/c1-12-10-25(17(27)15-7-13-5-3-4-6-14(13)8-15)11-16-9-24-18(26(12)16)19(2,28)20(21,22)23/h3-6,9,12,15,28H,7-8,10-11H2,1-2H3. The lowest BCUT2D eigenvalue weighted by Gasteiger charge is -2.37. The van der Waals surface area contributed by atoms with Gasteiger partial charge in [0.05, 0.1) is 24.5 Å². The molecule has 0 saturated carbocycles. The summed E-state index contributed by atoms with van der Waals surface area (Å²) in [6, 6.07) is 7.56. The third-order valence-corrected chi connectivity index (χ3v) is 5.85. The van der Waals surface area contributed by atoms with Crippen LogP contribution in [0.15, 0.2) is 30.5 Å². The highest BCUT2D eigenvalue weighted by Crippen LogP contribution is 2.40. The van der Waals surface area contributed by atoms with Crippen molar-refractivity contribution in [3.63, 3.8) is 0 Å². The van der Waals surface area contributed by atoms with Gasteiger partial charge < -0.3 is 14.6 Å². The van der Waals surface area contributed by atoms with E-state index in [2.05, 4.69) is 4.98 Å². The van der Waals surface area contributed by atoms with Crippen LogP contribution in [0.5, 0.6) is 0 Å². The Morgan fingerprint density at radius 1 is 1.21 bits per heavy atom. The summed E-state index contributed by atoms with van der Waals surface area (Å²) in [5.41, 5.74) is -0.181. The monoisotopic (exact) mass is 393 g/mol. The van der Waals surface area contributed by atoms with Gasteiger partial charge in [0, 0.05) is 12.5 Å². The highest BCUT2D eigenvalue weighted by molar-refractivity contribution is 5.80. The average Bonchev–Trinajstić information content (AvgIpc) is 3.24. The van der Waals surface area contributed by atoms with E-state index in [1.807, 2.05) is 24.3 Å². The molecule has 2 aromatic rings. The van der Waals surface area contributed by atoms with E-state index in [9.17, 15) is 23.1 Å². The van der Waals surface area contributed by atoms with Crippen LogP contribution in [0.4, 0.5) is 13.2 Å². The van der Waals surface area contributed by atoms with Gasteiger partial charge in [-0.25, -0.2) is 4.98 Å². The Balaban J connectivity index is 1.56. The van der Waals surface area contributed by atoms with Crippen molar-refractivity contribution < 1.29 is 23.1 Å². The number of rotatable bonds is 2. The minimum atomic E-state index is -4.84. The third kappa shape index (κ3) is 2.90. The largest absolute Gasteiger partial charge is 0.424 e. The molecule has 0 bridgehead atoms. The van der Waals surface area contributed by atoms with Crippen LogP contribution >= 0.6 is 0 Å².